The van der Waals surface area contributed by atoms with Gasteiger partial charge < -0.3 is 14.2 Å². The summed E-state index contributed by atoms with van der Waals surface area (Å²) in [6.45, 7) is 0. The standard InChI is InChI=1S/C12H11BN2O6S/c16-13(17)9-6-10(8-11(7-9)15(18)19)14-22(20)21-12-4-2-1-3-5-12/h1-8,14,16-17H. The molecule has 8 nitrogen and oxygen atoms in total. The van der Waals surface area contributed by atoms with Crippen molar-refractivity contribution in [3.05, 3.63) is 58.6 Å². The average molecular weight is 322 g/mol. The minimum atomic E-state index is -2.00. The molecule has 1 unspecified atom stereocenters. The van der Waals surface area contributed by atoms with Gasteiger partial charge in [0.25, 0.3) is 5.69 Å². The summed E-state index contributed by atoms with van der Waals surface area (Å²) < 4.78 is 19.3. The minimum absolute atomic E-state index is 0.0616. The second-order valence-electron chi connectivity index (χ2n) is 4.18. The summed E-state index contributed by atoms with van der Waals surface area (Å²) in [7, 11) is -1.89. The average Bonchev–Trinajstić information content (AvgIpc) is 2.47. The van der Waals surface area contributed by atoms with Gasteiger partial charge in [-0.15, -0.1) is 0 Å². The van der Waals surface area contributed by atoms with Gasteiger partial charge >= 0.3 is 18.4 Å². The third kappa shape index (κ3) is 4.28. The van der Waals surface area contributed by atoms with Crippen LogP contribution in [0.2, 0.25) is 0 Å². The molecule has 2 aromatic rings. The fraction of sp³-hybridized carbons (Fsp3) is 0. The fourth-order valence-electron chi connectivity index (χ4n) is 1.63. The first kappa shape index (κ1) is 16.0. The monoisotopic (exact) mass is 322 g/mol. The van der Waals surface area contributed by atoms with E-state index in [1.807, 2.05) is 0 Å². The van der Waals surface area contributed by atoms with Gasteiger partial charge in [0.05, 0.1) is 10.6 Å². The molecule has 0 fully saturated rings. The third-order valence-corrected chi connectivity index (χ3v) is 3.31. The van der Waals surface area contributed by atoms with Crippen LogP contribution in [0.1, 0.15) is 0 Å². The Morgan fingerprint density at radius 3 is 2.45 bits per heavy atom. The lowest BCUT2D eigenvalue weighted by molar-refractivity contribution is -0.384. The summed E-state index contributed by atoms with van der Waals surface area (Å²) >= 11 is -2.00. The first-order valence-corrected chi connectivity index (χ1v) is 7.10. The molecule has 2 aromatic carbocycles. The van der Waals surface area contributed by atoms with Gasteiger partial charge in [-0.05, 0) is 23.7 Å². The number of nitrogens with zero attached hydrogens (tertiary/aromatic N) is 1. The molecule has 0 saturated carbocycles. The molecule has 0 aliphatic heterocycles. The van der Waals surface area contributed by atoms with Crippen molar-refractivity contribution in [3.8, 4) is 5.75 Å². The van der Waals surface area contributed by atoms with E-state index in [0.29, 0.717) is 5.75 Å². The van der Waals surface area contributed by atoms with Gasteiger partial charge in [0.1, 0.15) is 5.75 Å². The third-order valence-electron chi connectivity index (χ3n) is 2.57. The van der Waals surface area contributed by atoms with E-state index in [-0.39, 0.29) is 16.8 Å². The maximum Gasteiger partial charge on any atom is 0.488 e. The van der Waals surface area contributed by atoms with Crippen molar-refractivity contribution in [2.24, 2.45) is 0 Å². The molecule has 1 atom stereocenters. The maximum absolute atomic E-state index is 11.8. The predicted molar refractivity (Wildman–Crippen MR) is 81.8 cm³/mol. The van der Waals surface area contributed by atoms with Crippen LogP contribution in [0.3, 0.4) is 0 Å². The molecule has 0 radical (unpaired) electrons. The quantitative estimate of drug-likeness (QED) is 0.401. The molecule has 10 heteroatoms. The molecule has 22 heavy (non-hydrogen) atoms. The Morgan fingerprint density at radius 1 is 1.18 bits per heavy atom. The van der Waals surface area contributed by atoms with Crippen LogP contribution in [-0.4, -0.2) is 26.3 Å². The first-order chi connectivity index (χ1) is 10.5. The van der Waals surface area contributed by atoms with Gasteiger partial charge in [-0.2, -0.15) is 4.21 Å². The van der Waals surface area contributed by atoms with Crippen LogP contribution in [0.5, 0.6) is 5.75 Å². The molecule has 0 aliphatic carbocycles. The smallest absolute Gasteiger partial charge is 0.423 e. The zero-order valence-corrected chi connectivity index (χ0v) is 11.9. The number of hydrogen-bond acceptors (Lipinski definition) is 6. The van der Waals surface area contributed by atoms with Crippen molar-refractivity contribution in [2.75, 3.05) is 4.72 Å². The lowest BCUT2D eigenvalue weighted by Crippen LogP contribution is -2.30. The van der Waals surface area contributed by atoms with Crippen molar-refractivity contribution in [3.63, 3.8) is 0 Å². The number of hydrogen-bond donors (Lipinski definition) is 3. The normalized spacial score (nSPS) is 11.5. The first-order valence-electron chi connectivity index (χ1n) is 6.03. The number of rotatable bonds is 6. The van der Waals surface area contributed by atoms with Gasteiger partial charge in [-0.1, -0.05) is 18.2 Å². The van der Waals surface area contributed by atoms with Gasteiger partial charge in [0.2, 0.25) is 0 Å². The Labute approximate surface area is 128 Å². The van der Waals surface area contributed by atoms with Crippen LogP contribution in [0, 0.1) is 10.1 Å². The molecule has 0 heterocycles. The van der Waals surface area contributed by atoms with Crippen molar-refractivity contribution in [1.29, 1.82) is 0 Å². The molecule has 0 aliphatic rings. The summed E-state index contributed by atoms with van der Waals surface area (Å²) in [5, 5.41) is 29.1. The highest BCUT2D eigenvalue weighted by molar-refractivity contribution is 7.81. The molecule has 2 rings (SSSR count). The van der Waals surface area contributed by atoms with Gasteiger partial charge in [-0.25, -0.2) is 0 Å². The highest BCUT2D eigenvalue weighted by Crippen LogP contribution is 2.18. The molecular formula is C12H11BN2O6S. The van der Waals surface area contributed by atoms with E-state index in [9.17, 15) is 14.3 Å². The second-order valence-corrected chi connectivity index (χ2v) is 5.02. The second kappa shape index (κ2) is 7.03. The summed E-state index contributed by atoms with van der Waals surface area (Å²) in [5.74, 6) is 0.348. The highest BCUT2D eigenvalue weighted by atomic mass is 32.2. The summed E-state index contributed by atoms with van der Waals surface area (Å²) in [5.41, 5.74) is -0.412. The van der Waals surface area contributed by atoms with Crippen LogP contribution < -0.4 is 14.4 Å². The molecule has 114 valence electrons. The van der Waals surface area contributed by atoms with E-state index in [1.54, 1.807) is 30.3 Å². The number of benzene rings is 2. The van der Waals surface area contributed by atoms with E-state index in [1.165, 1.54) is 6.07 Å². The van der Waals surface area contributed by atoms with Crippen LogP contribution in [-0.2, 0) is 11.3 Å². The zero-order valence-electron chi connectivity index (χ0n) is 11.1. The molecule has 0 aromatic heterocycles. The lowest BCUT2D eigenvalue weighted by atomic mass is 9.80. The van der Waals surface area contributed by atoms with E-state index in [0.717, 1.165) is 12.1 Å². The molecule has 0 amide bonds. The summed E-state index contributed by atoms with van der Waals surface area (Å²) in [4.78, 5) is 10.1. The topological polar surface area (TPSA) is 122 Å². The minimum Gasteiger partial charge on any atom is -0.423 e. The fourth-order valence-corrected chi connectivity index (χ4v) is 2.27. The summed E-state index contributed by atoms with van der Waals surface area (Å²) in [6.07, 6.45) is 0. The molecule has 0 saturated heterocycles. The van der Waals surface area contributed by atoms with E-state index in [4.69, 9.17) is 14.2 Å². The lowest BCUT2D eigenvalue weighted by Gasteiger charge is -2.08. The maximum atomic E-state index is 11.8. The van der Waals surface area contributed by atoms with Crippen molar-refractivity contribution in [2.45, 2.75) is 0 Å². The Kier molecular flexibility index (Phi) is 5.10. The predicted octanol–water partition coefficient (Wildman–Crippen LogP) is 0.344. The number of non-ortho nitro benzene ring substituents is 1. The van der Waals surface area contributed by atoms with Gasteiger partial charge in [0, 0.05) is 12.1 Å². The van der Waals surface area contributed by atoms with E-state index >= 15 is 0 Å². The van der Waals surface area contributed by atoms with Crippen LogP contribution in [0.4, 0.5) is 11.4 Å². The Morgan fingerprint density at radius 2 is 1.86 bits per heavy atom. The van der Waals surface area contributed by atoms with Gasteiger partial charge in [0.15, 0.2) is 0 Å². The molecule has 3 N–H and O–H groups in total. The van der Waals surface area contributed by atoms with Crippen molar-refractivity contribution >= 4 is 35.2 Å². The van der Waals surface area contributed by atoms with E-state index in [2.05, 4.69) is 4.72 Å². The number of nitro benzene ring substituents is 1. The molecule has 0 spiro atoms. The largest absolute Gasteiger partial charge is 0.488 e. The van der Waals surface area contributed by atoms with Crippen molar-refractivity contribution < 1.29 is 23.4 Å². The highest BCUT2D eigenvalue weighted by Gasteiger charge is 2.18. The number of nitrogens with one attached hydrogen (secondary N) is 1. The SMILES string of the molecule is O=[N+]([O-])c1cc(NS(=O)Oc2ccccc2)cc(B(O)O)c1. The van der Waals surface area contributed by atoms with Crippen LogP contribution >= 0.6 is 0 Å². The molecular weight excluding hydrogens is 311 g/mol. The Bertz CT molecular complexity index is 697. The van der Waals surface area contributed by atoms with Crippen LogP contribution in [0.25, 0.3) is 0 Å². The zero-order chi connectivity index (χ0) is 16.1. The Balaban J connectivity index is 2.17. The number of anilines is 1. The summed E-state index contributed by atoms with van der Waals surface area (Å²) in [6, 6.07) is 11.7. The van der Waals surface area contributed by atoms with E-state index < -0.39 is 23.3 Å². The Hall–Kier alpha value is -2.43. The number of para-hydroxylation sites is 1. The van der Waals surface area contributed by atoms with Gasteiger partial charge in [-0.3, -0.25) is 14.8 Å². The molecule has 0 bridgehead atoms. The number of nitro groups is 1. The van der Waals surface area contributed by atoms with Crippen LogP contribution in [0.15, 0.2) is 48.5 Å². The van der Waals surface area contributed by atoms with Crippen molar-refractivity contribution in [1.82, 2.24) is 0 Å².